The largest absolute Gasteiger partial charge is 0.493 e. The fraction of sp³-hybridized carbons (Fsp3) is 0.0952. The van der Waals surface area contributed by atoms with Crippen LogP contribution in [0, 0.1) is 0 Å². The van der Waals surface area contributed by atoms with Crippen LogP contribution in [0.3, 0.4) is 0 Å². The van der Waals surface area contributed by atoms with Gasteiger partial charge in [-0.25, -0.2) is 9.98 Å². The average molecular weight is 473 g/mol. The van der Waals surface area contributed by atoms with Crippen LogP contribution in [0.4, 0.5) is 0 Å². The molecular formula is C21H14Cl2N4O3S. The Labute approximate surface area is 189 Å². The molecule has 0 radical (unpaired) electrons. The van der Waals surface area contributed by atoms with E-state index in [0.717, 1.165) is 33.0 Å². The molecule has 0 aliphatic carbocycles. The highest BCUT2D eigenvalue weighted by Crippen LogP contribution is 2.34. The molecule has 2 aromatic heterocycles. The molecule has 0 saturated carbocycles. The number of aromatic hydroxyl groups is 1. The second kappa shape index (κ2) is 7.65. The molecular weight excluding hydrogens is 459 g/mol. The Kier molecular flexibility index (Phi) is 4.94. The first kappa shape index (κ1) is 20.0. The Hall–Kier alpha value is -2.91. The van der Waals surface area contributed by atoms with Gasteiger partial charge in [-0.05, 0) is 35.6 Å². The molecule has 31 heavy (non-hydrogen) atoms. The van der Waals surface area contributed by atoms with E-state index in [-0.39, 0.29) is 17.4 Å². The van der Waals surface area contributed by atoms with Crippen molar-refractivity contribution in [2.24, 2.45) is 4.99 Å². The summed E-state index contributed by atoms with van der Waals surface area (Å²) in [5.41, 5.74) is 3.72. The number of halogens is 2. The Bertz CT molecular complexity index is 1570. The van der Waals surface area contributed by atoms with Gasteiger partial charge in [-0.1, -0.05) is 40.6 Å². The highest BCUT2D eigenvalue weighted by Gasteiger charge is 2.18. The van der Waals surface area contributed by atoms with Crippen molar-refractivity contribution in [1.29, 1.82) is 0 Å². The van der Waals surface area contributed by atoms with Gasteiger partial charge in [0.2, 0.25) is 5.88 Å². The lowest BCUT2D eigenvalue weighted by Gasteiger charge is -2.05. The number of hydrogen-bond donors (Lipinski definition) is 3. The van der Waals surface area contributed by atoms with E-state index < -0.39 is 0 Å². The van der Waals surface area contributed by atoms with Gasteiger partial charge in [0, 0.05) is 18.2 Å². The van der Waals surface area contributed by atoms with Crippen molar-refractivity contribution in [3.8, 4) is 5.88 Å². The highest BCUT2D eigenvalue weighted by molar-refractivity contribution is 7.10. The summed E-state index contributed by atoms with van der Waals surface area (Å²) in [6.07, 6.45) is 3.66. The Morgan fingerprint density at radius 3 is 2.84 bits per heavy atom. The third-order valence-corrected chi connectivity index (χ3v) is 6.48. The Morgan fingerprint density at radius 2 is 2.10 bits per heavy atom. The van der Waals surface area contributed by atoms with Gasteiger partial charge in [0.05, 0.1) is 37.9 Å². The molecule has 10 heteroatoms. The van der Waals surface area contributed by atoms with E-state index in [2.05, 4.69) is 19.9 Å². The molecule has 0 bridgehead atoms. The van der Waals surface area contributed by atoms with E-state index in [1.165, 1.54) is 0 Å². The minimum Gasteiger partial charge on any atom is -0.493 e. The number of nitrogens with one attached hydrogen (secondary N) is 2. The number of imidazole rings is 1. The molecule has 0 amide bonds. The molecule has 1 aliphatic rings. The molecule has 5 rings (SSSR count). The maximum absolute atomic E-state index is 11.4. The maximum atomic E-state index is 11.4. The van der Waals surface area contributed by atoms with Gasteiger partial charge in [0.1, 0.15) is 5.70 Å². The van der Waals surface area contributed by atoms with E-state index in [0.29, 0.717) is 37.5 Å². The second-order valence-electron chi connectivity index (χ2n) is 6.90. The zero-order valence-electron chi connectivity index (χ0n) is 16.0. The predicted octanol–water partition coefficient (Wildman–Crippen LogP) is 3.43. The number of thiazole rings is 1. The lowest BCUT2D eigenvalue weighted by atomic mass is 10.1. The molecule has 4 aromatic rings. The van der Waals surface area contributed by atoms with Crippen LogP contribution >= 0.6 is 34.5 Å². The van der Waals surface area contributed by atoms with Gasteiger partial charge < -0.3 is 14.8 Å². The zero-order valence-corrected chi connectivity index (χ0v) is 18.3. The first-order chi connectivity index (χ1) is 14.9. The Morgan fingerprint density at radius 1 is 1.26 bits per heavy atom. The van der Waals surface area contributed by atoms with E-state index in [1.54, 1.807) is 19.3 Å². The maximum Gasteiger partial charge on any atom is 0.307 e. The van der Waals surface area contributed by atoms with Crippen LogP contribution in [-0.2, 0) is 11.3 Å². The summed E-state index contributed by atoms with van der Waals surface area (Å²) in [5.74, 6) is 0.455. The molecule has 1 aliphatic heterocycles. The topological polar surface area (TPSA) is 103 Å². The minimum absolute atomic E-state index is 0.136. The first-order valence-electron chi connectivity index (χ1n) is 9.13. The van der Waals surface area contributed by atoms with Gasteiger partial charge in [-0.15, -0.1) is 0 Å². The zero-order chi connectivity index (χ0) is 21.7. The first-order valence-corrected chi connectivity index (χ1v) is 10.7. The molecule has 0 fully saturated rings. The van der Waals surface area contributed by atoms with Crippen LogP contribution in [0.5, 0.6) is 5.88 Å². The molecule has 0 spiro atoms. The fourth-order valence-corrected chi connectivity index (χ4v) is 4.56. The van der Waals surface area contributed by atoms with Gasteiger partial charge in [0.15, 0.2) is 5.82 Å². The third-order valence-electron chi connectivity index (χ3n) is 4.83. The van der Waals surface area contributed by atoms with E-state index in [4.69, 9.17) is 27.9 Å². The number of fused-ring (bicyclic) bond motifs is 2. The molecule has 7 nitrogen and oxygen atoms in total. The summed E-state index contributed by atoms with van der Waals surface area (Å²) >= 11 is 13.5. The van der Waals surface area contributed by atoms with Crippen molar-refractivity contribution in [2.45, 2.75) is 6.61 Å². The number of benzene rings is 2. The van der Waals surface area contributed by atoms with Crippen molar-refractivity contribution in [2.75, 3.05) is 7.11 Å². The van der Waals surface area contributed by atoms with Crippen LogP contribution in [0.1, 0.15) is 21.8 Å². The van der Waals surface area contributed by atoms with Gasteiger partial charge in [-0.2, -0.15) is 0 Å². The number of ether oxygens (including phenoxy) is 1. The number of hydrogen-bond acceptors (Lipinski definition) is 6. The van der Waals surface area contributed by atoms with Crippen molar-refractivity contribution >= 4 is 63.4 Å². The third kappa shape index (κ3) is 3.57. The fourth-order valence-electron chi connectivity index (χ4n) is 3.45. The molecule has 0 atom stereocenters. The lowest BCUT2D eigenvalue weighted by molar-refractivity contribution is 0.186. The summed E-state index contributed by atoms with van der Waals surface area (Å²) in [6, 6.07) is 7.42. The molecule has 0 saturated heterocycles. The predicted molar refractivity (Wildman–Crippen MR) is 122 cm³/mol. The van der Waals surface area contributed by atoms with E-state index in [9.17, 15) is 9.90 Å². The molecule has 0 unspecified atom stereocenters. The number of nitrogens with zero attached hydrogens (tertiary/aromatic N) is 2. The van der Waals surface area contributed by atoms with Crippen LogP contribution in [-0.4, -0.2) is 27.2 Å². The monoisotopic (exact) mass is 472 g/mol. The molecule has 3 heterocycles. The summed E-state index contributed by atoms with van der Waals surface area (Å²) in [7, 11) is 1.59. The molecule has 156 valence electrons. The van der Waals surface area contributed by atoms with E-state index >= 15 is 0 Å². The highest BCUT2D eigenvalue weighted by atomic mass is 35.5. The van der Waals surface area contributed by atoms with Crippen LogP contribution in [0.2, 0.25) is 10.0 Å². The average Bonchev–Trinajstić information content (AvgIpc) is 3.42. The van der Waals surface area contributed by atoms with Gasteiger partial charge in [-0.3, -0.25) is 9.78 Å². The Balaban J connectivity index is 1.57. The summed E-state index contributed by atoms with van der Waals surface area (Å²) in [5, 5.41) is 12.3. The van der Waals surface area contributed by atoms with Gasteiger partial charge in [0.25, 0.3) is 0 Å². The standard InChI is InChI=1S/C21H14Cl2N4O3S/c1-30-8-11-17(23)12(22)7-14-18(11)26-19(25-14)15-6-10-4-9(2-3-13(10)24-15)5-16-20(28)27-21(29)31-16/h2-7,28H,8H2,1H3,(H,25,26)(H,27,29). The number of rotatable bonds is 4. The molecule has 3 N–H and O–H groups in total. The second-order valence-corrected chi connectivity index (χ2v) is 8.70. The number of H-pyrrole nitrogens is 2. The van der Waals surface area contributed by atoms with E-state index in [1.807, 2.05) is 24.3 Å². The van der Waals surface area contributed by atoms with Crippen molar-refractivity contribution in [1.82, 2.24) is 15.0 Å². The smallest absolute Gasteiger partial charge is 0.307 e. The summed E-state index contributed by atoms with van der Waals surface area (Å²) in [4.78, 5) is 26.5. The van der Waals surface area contributed by atoms with Crippen molar-refractivity contribution in [3.05, 3.63) is 76.4 Å². The lowest BCUT2D eigenvalue weighted by Crippen LogP contribution is -2.10. The van der Waals surface area contributed by atoms with Crippen LogP contribution in [0.15, 0.2) is 34.1 Å². The SMILES string of the molecule is COCc1c(Cl)c(Cl)cc2[nH]c(C3=Cc4cc(=Cc5sc(=O)[nH]c5O)ccc4=N3)nc12. The normalized spacial score (nSPS) is 13.5. The van der Waals surface area contributed by atoms with Crippen LogP contribution < -0.4 is 15.4 Å². The molecule has 2 aromatic carbocycles. The van der Waals surface area contributed by atoms with Gasteiger partial charge >= 0.3 is 4.87 Å². The van der Waals surface area contributed by atoms with Crippen molar-refractivity contribution < 1.29 is 9.84 Å². The summed E-state index contributed by atoms with van der Waals surface area (Å²) in [6.45, 7) is 0.286. The quantitative estimate of drug-likeness (QED) is 0.423. The van der Waals surface area contributed by atoms with Crippen LogP contribution in [0.25, 0.3) is 28.9 Å². The number of methoxy groups -OCH3 is 1. The number of aromatic nitrogens is 3. The summed E-state index contributed by atoms with van der Waals surface area (Å²) < 4.78 is 5.25. The number of aromatic amines is 2. The van der Waals surface area contributed by atoms with Crippen molar-refractivity contribution in [3.63, 3.8) is 0 Å². The minimum atomic E-state index is -0.306.